The number of pyridine rings is 2. The van der Waals surface area contributed by atoms with E-state index in [1.807, 2.05) is 12.1 Å². The van der Waals surface area contributed by atoms with Crippen molar-refractivity contribution in [3.8, 4) is 0 Å². The van der Waals surface area contributed by atoms with Crippen molar-refractivity contribution < 1.29 is 23.1 Å². The second-order valence-electron chi connectivity index (χ2n) is 14.6. The third kappa shape index (κ3) is 7.53. The van der Waals surface area contributed by atoms with Gasteiger partial charge in [0.25, 0.3) is 11.5 Å². The van der Waals surface area contributed by atoms with E-state index in [0.29, 0.717) is 54.5 Å². The number of Topliss-reactive ketones (excluding diaryl/α,β-unsaturated/α-hetero) is 1. The Balaban J connectivity index is 1.07. The van der Waals surface area contributed by atoms with Crippen LogP contribution in [0.1, 0.15) is 81.8 Å². The fourth-order valence-corrected chi connectivity index (χ4v) is 7.26. The Hall–Kier alpha value is -4.20. The van der Waals surface area contributed by atoms with Crippen LogP contribution in [-0.4, -0.2) is 98.5 Å². The van der Waals surface area contributed by atoms with Crippen LogP contribution in [0.15, 0.2) is 29.3 Å². The number of carbonyl (C=O) groups is 2. The third-order valence-electron chi connectivity index (χ3n) is 9.85. The Morgan fingerprint density at radius 2 is 1.73 bits per heavy atom. The number of rotatable bonds is 7. The van der Waals surface area contributed by atoms with Gasteiger partial charge in [-0.2, -0.15) is 4.98 Å². The standard InChI is InChI=1S/C35H46F2N8O4/c1-22-27-19-39-32(41-30(27)45(25-8-6-7-9-25)31(47)29(22)23(2)46)40-28-11-10-26(18-38-28)43-16-14-42(15-17-43)20-24-12-13-44(21-35(24,36)37)33(48)49-34(3,4)5/h10-11,18-19,24-25H,6-9,12-17,20-21H2,1-5H3,(H,38,39,40,41). The van der Waals surface area contributed by atoms with Gasteiger partial charge in [-0.1, -0.05) is 12.8 Å². The lowest BCUT2D eigenvalue weighted by atomic mass is 9.92. The van der Waals surface area contributed by atoms with Crippen molar-refractivity contribution in [1.29, 1.82) is 0 Å². The summed E-state index contributed by atoms with van der Waals surface area (Å²) in [5, 5.41) is 3.84. The Morgan fingerprint density at radius 3 is 2.35 bits per heavy atom. The summed E-state index contributed by atoms with van der Waals surface area (Å²) in [7, 11) is 0. The van der Waals surface area contributed by atoms with E-state index in [0.717, 1.165) is 36.3 Å². The molecule has 3 aromatic heterocycles. The van der Waals surface area contributed by atoms with Gasteiger partial charge < -0.3 is 19.9 Å². The number of nitrogens with zero attached hydrogens (tertiary/aromatic N) is 7. The van der Waals surface area contributed by atoms with Crippen molar-refractivity contribution in [2.24, 2.45) is 5.92 Å². The Labute approximate surface area is 284 Å². The second kappa shape index (κ2) is 13.6. The highest BCUT2D eigenvalue weighted by Gasteiger charge is 2.47. The maximum atomic E-state index is 15.1. The largest absolute Gasteiger partial charge is 0.444 e. The van der Waals surface area contributed by atoms with Crippen molar-refractivity contribution in [3.63, 3.8) is 0 Å². The number of likely N-dealkylation sites (tertiary alicyclic amines) is 1. The van der Waals surface area contributed by atoms with E-state index in [1.54, 1.807) is 44.7 Å². The Kier molecular flexibility index (Phi) is 9.62. The molecular formula is C35H46F2N8O4. The van der Waals surface area contributed by atoms with Crippen LogP contribution in [-0.2, 0) is 4.74 Å². The van der Waals surface area contributed by atoms with E-state index >= 15 is 8.78 Å². The van der Waals surface area contributed by atoms with Gasteiger partial charge in [-0.05, 0) is 71.6 Å². The number of piperidine rings is 1. The molecule has 12 nitrogen and oxygen atoms in total. The van der Waals surface area contributed by atoms with Crippen LogP contribution in [0, 0.1) is 12.8 Å². The van der Waals surface area contributed by atoms with Crippen molar-refractivity contribution in [3.05, 3.63) is 46.0 Å². The predicted molar refractivity (Wildman–Crippen MR) is 183 cm³/mol. The lowest BCUT2D eigenvalue weighted by Crippen LogP contribution is -2.56. The third-order valence-corrected chi connectivity index (χ3v) is 9.85. The van der Waals surface area contributed by atoms with Gasteiger partial charge >= 0.3 is 6.09 Å². The molecule has 49 heavy (non-hydrogen) atoms. The first-order chi connectivity index (χ1) is 23.2. The fourth-order valence-electron chi connectivity index (χ4n) is 7.26. The lowest BCUT2D eigenvalue weighted by molar-refractivity contribution is -0.117. The summed E-state index contributed by atoms with van der Waals surface area (Å²) in [5.74, 6) is -3.24. The summed E-state index contributed by atoms with van der Waals surface area (Å²) in [4.78, 5) is 57.4. The molecule has 0 bridgehead atoms. The molecule has 264 valence electrons. The van der Waals surface area contributed by atoms with Crippen LogP contribution in [0.2, 0.25) is 0 Å². The average Bonchev–Trinajstić information content (AvgIpc) is 3.56. The SMILES string of the molecule is CC(=O)c1c(C)c2cnc(Nc3ccc(N4CCN(CC5CCN(C(=O)OC(C)(C)C)CC5(F)F)CC4)cn3)nc2n(C2CCCC2)c1=O. The highest BCUT2D eigenvalue weighted by molar-refractivity contribution is 5.99. The number of ketones is 1. The maximum Gasteiger partial charge on any atom is 0.410 e. The molecule has 1 atom stereocenters. The molecule has 1 N–H and O–H groups in total. The van der Waals surface area contributed by atoms with E-state index < -0.39 is 30.1 Å². The van der Waals surface area contributed by atoms with Crippen molar-refractivity contribution >= 4 is 40.4 Å². The molecule has 6 rings (SSSR count). The van der Waals surface area contributed by atoms with Crippen LogP contribution >= 0.6 is 0 Å². The summed E-state index contributed by atoms with van der Waals surface area (Å²) >= 11 is 0. The quantitative estimate of drug-likeness (QED) is 0.317. The highest BCUT2D eigenvalue weighted by atomic mass is 19.3. The number of anilines is 3. The highest BCUT2D eigenvalue weighted by Crippen LogP contribution is 2.35. The van der Waals surface area contributed by atoms with Crippen molar-refractivity contribution in [2.45, 2.75) is 84.3 Å². The van der Waals surface area contributed by atoms with Gasteiger partial charge in [-0.3, -0.25) is 19.1 Å². The topological polar surface area (TPSA) is 126 Å². The molecule has 3 aliphatic rings. The number of aryl methyl sites for hydroxylation is 1. The molecule has 3 fully saturated rings. The molecule has 1 saturated carbocycles. The molecule has 1 amide bonds. The first-order valence-electron chi connectivity index (χ1n) is 17.2. The number of hydrogen-bond donors (Lipinski definition) is 1. The molecule has 0 aromatic carbocycles. The average molecular weight is 681 g/mol. The normalized spacial score (nSPS) is 20.5. The molecule has 1 unspecified atom stereocenters. The summed E-state index contributed by atoms with van der Waals surface area (Å²) in [6, 6.07) is 3.77. The molecule has 2 aliphatic heterocycles. The number of ether oxygens (including phenoxy) is 1. The summed E-state index contributed by atoms with van der Waals surface area (Å²) in [6.45, 7) is 10.9. The monoisotopic (exact) mass is 680 g/mol. The minimum atomic E-state index is -2.99. The molecule has 0 radical (unpaired) electrons. The molecule has 1 aliphatic carbocycles. The van der Waals surface area contributed by atoms with Crippen molar-refractivity contribution in [2.75, 3.05) is 56.0 Å². The molecule has 3 aromatic rings. The van der Waals surface area contributed by atoms with Crippen LogP contribution in [0.25, 0.3) is 11.0 Å². The predicted octanol–water partition coefficient (Wildman–Crippen LogP) is 5.57. The molecule has 0 spiro atoms. The van der Waals surface area contributed by atoms with E-state index in [-0.39, 0.29) is 42.5 Å². The minimum Gasteiger partial charge on any atom is -0.444 e. The molecule has 2 saturated heterocycles. The van der Waals surface area contributed by atoms with Gasteiger partial charge in [0.05, 0.1) is 24.0 Å². The zero-order valence-corrected chi connectivity index (χ0v) is 29.0. The fraction of sp³-hybridized carbons (Fsp3) is 0.600. The van der Waals surface area contributed by atoms with E-state index in [2.05, 4.69) is 25.1 Å². The Bertz CT molecular complexity index is 1760. The number of carbonyl (C=O) groups excluding carboxylic acids is 2. The van der Waals surface area contributed by atoms with E-state index in [9.17, 15) is 14.4 Å². The van der Waals surface area contributed by atoms with Gasteiger partial charge in [0.2, 0.25) is 5.95 Å². The smallest absolute Gasteiger partial charge is 0.410 e. The first-order valence-corrected chi connectivity index (χ1v) is 17.2. The van der Waals surface area contributed by atoms with Crippen molar-refractivity contribution in [1.82, 2.24) is 29.3 Å². The van der Waals surface area contributed by atoms with Gasteiger partial charge in [0.15, 0.2) is 5.78 Å². The first kappa shape index (κ1) is 34.7. The number of nitrogens with one attached hydrogen (secondary N) is 1. The number of amides is 1. The van der Waals surface area contributed by atoms with Crippen LogP contribution in [0.4, 0.5) is 31.0 Å². The van der Waals surface area contributed by atoms with E-state index in [4.69, 9.17) is 9.72 Å². The summed E-state index contributed by atoms with van der Waals surface area (Å²) in [6.07, 6.45) is 6.73. The van der Waals surface area contributed by atoms with Crippen LogP contribution in [0.5, 0.6) is 0 Å². The van der Waals surface area contributed by atoms with Crippen LogP contribution < -0.4 is 15.8 Å². The number of halogens is 2. The van der Waals surface area contributed by atoms with Gasteiger partial charge in [-0.25, -0.2) is 23.5 Å². The summed E-state index contributed by atoms with van der Waals surface area (Å²) in [5.41, 5.74) is 1.19. The number of piperazine rings is 1. The minimum absolute atomic E-state index is 0.0111. The number of aromatic nitrogens is 4. The van der Waals surface area contributed by atoms with Gasteiger partial charge in [0, 0.05) is 62.8 Å². The molecule has 14 heteroatoms. The Morgan fingerprint density at radius 1 is 1.02 bits per heavy atom. The molecule has 5 heterocycles. The van der Waals surface area contributed by atoms with Gasteiger partial charge in [0.1, 0.15) is 17.1 Å². The summed E-state index contributed by atoms with van der Waals surface area (Å²) < 4.78 is 37.2. The lowest BCUT2D eigenvalue weighted by Gasteiger charge is -2.42. The zero-order chi connectivity index (χ0) is 35.1. The zero-order valence-electron chi connectivity index (χ0n) is 29.0. The number of hydrogen-bond acceptors (Lipinski definition) is 10. The maximum absolute atomic E-state index is 15.1. The van der Waals surface area contributed by atoms with Crippen LogP contribution in [0.3, 0.4) is 0 Å². The second-order valence-corrected chi connectivity index (χ2v) is 14.6. The van der Waals surface area contributed by atoms with Gasteiger partial charge in [-0.15, -0.1) is 0 Å². The molecular weight excluding hydrogens is 634 g/mol. The number of alkyl halides is 2. The van der Waals surface area contributed by atoms with E-state index in [1.165, 1.54) is 6.92 Å². The number of fused-ring (bicyclic) bond motifs is 1.